The third-order valence-electron chi connectivity index (χ3n) is 19.3. The molecule has 6 heterocycles. The van der Waals surface area contributed by atoms with Gasteiger partial charge in [-0.1, -0.05) is 195 Å². The maximum atomic E-state index is 15.0. The number of anilines is 1. The summed E-state index contributed by atoms with van der Waals surface area (Å²) in [7, 11) is 3.40. The van der Waals surface area contributed by atoms with Crippen molar-refractivity contribution in [2.24, 2.45) is 0 Å². The molecule has 12 aromatic rings. The Balaban J connectivity index is 1.15. The molecule has 95 heavy (non-hydrogen) atoms. The molecule has 3 aromatic heterocycles. The minimum atomic E-state index is -0.384. The zero-order valence-electron chi connectivity index (χ0n) is 55.1. The Bertz CT molecular complexity index is 4890. The van der Waals surface area contributed by atoms with E-state index < -0.39 is 0 Å². The van der Waals surface area contributed by atoms with Crippen LogP contribution < -0.4 is 14.4 Å². The molecular weight excluding hydrogens is 1170 g/mol. The van der Waals surface area contributed by atoms with E-state index in [4.69, 9.17) is 19.4 Å². The first-order valence-electron chi connectivity index (χ1n) is 32.9. The van der Waals surface area contributed by atoms with Gasteiger partial charge in [-0.2, -0.15) is 0 Å². The first-order valence-corrected chi connectivity index (χ1v) is 32.9. The van der Waals surface area contributed by atoms with Crippen LogP contribution in [0, 0.1) is 0 Å². The molecule has 0 atom stereocenters. The second-order valence-electron chi connectivity index (χ2n) is 26.4. The molecule has 2 N–H and O–H groups in total. The van der Waals surface area contributed by atoms with Crippen LogP contribution in [-0.4, -0.2) is 46.0 Å². The number of hydrogen-bond donors (Lipinski definition) is 2. The van der Waals surface area contributed by atoms with Gasteiger partial charge in [-0.15, -0.1) is 0 Å². The fourth-order valence-corrected chi connectivity index (χ4v) is 13.9. The summed E-state index contributed by atoms with van der Waals surface area (Å²) in [4.78, 5) is 51.6. The molecule has 8 bridgehead atoms. The normalized spacial score (nSPS) is 12.5. The largest absolute Gasteiger partial charge is 0.497 e. The van der Waals surface area contributed by atoms with E-state index in [1.54, 1.807) is 14.2 Å². The number of H-pyrrole nitrogens is 2. The molecule has 0 aliphatic carbocycles. The predicted molar refractivity (Wildman–Crippen MR) is 390 cm³/mol. The lowest BCUT2D eigenvalue weighted by molar-refractivity contribution is 0.0926. The number of imide groups is 1. The van der Waals surface area contributed by atoms with Crippen LogP contribution in [-0.2, 0) is 0 Å². The molecule has 9 heteroatoms. The smallest absolute Gasteiger partial charge is 0.266 e. The van der Waals surface area contributed by atoms with E-state index in [2.05, 4.69) is 223 Å². The highest BCUT2D eigenvalue weighted by atomic mass is 16.5. The van der Waals surface area contributed by atoms with Crippen molar-refractivity contribution in [1.29, 1.82) is 0 Å². The van der Waals surface area contributed by atoms with E-state index in [1.165, 1.54) is 27.2 Å². The quantitative estimate of drug-likeness (QED) is 0.111. The Morgan fingerprint density at radius 2 is 0.568 bits per heavy atom. The van der Waals surface area contributed by atoms with E-state index in [0.717, 1.165) is 134 Å². The van der Waals surface area contributed by atoms with E-state index in [9.17, 15) is 0 Å². The summed E-state index contributed by atoms with van der Waals surface area (Å²) in [6.45, 7) is 17.7. The van der Waals surface area contributed by atoms with Crippen molar-refractivity contribution >= 4 is 39.6 Å². The van der Waals surface area contributed by atoms with E-state index in [-0.39, 0.29) is 23.7 Å². The maximum Gasteiger partial charge on any atom is 0.266 e. The van der Waals surface area contributed by atoms with Gasteiger partial charge >= 0.3 is 0 Å². The fraction of sp³-hybridized carbons (Fsp3) is 0.163. The Hall–Kier alpha value is -11.2. The number of benzene rings is 9. The third kappa shape index (κ3) is 10.5. The number of methoxy groups -OCH3 is 2. The van der Waals surface area contributed by atoms with Crippen LogP contribution in [0.3, 0.4) is 0 Å². The summed E-state index contributed by atoms with van der Waals surface area (Å²) >= 11 is 0. The maximum absolute atomic E-state index is 15.0. The summed E-state index contributed by atoms with van der Waals surface area (Å²) in [5, 5.41) is 0. The highest BCUT2D eigenvalue weighted by Gasteiger charge is 2.40. The van der Waals surface area contributed by atoms with E-state index in [1.807, 2.05) is 66.7 Å². The van der Waals surface area contributed by atoms with Crippen molar-refractivity contribution in [3.05, 3.63) is 258 Å². The minimum Gasteiger partial charge on any atom is -0.497 e. The van der Waals surface area contributed by atoms with Gasteiger partial charge in [0.05, 0.1) is 53.8 Å². The summed E-state index contributed by atoms with van der Waals surface area (Å²) in [5.74, 6) is 1.91. The molecule has 15 rings (SSSR count). The van der Waals surface area contributed by atoms with Crippen molar-refractivity contribution in [2.75, 3.05) is 19.1 Å². The van der Waals surface area contributed by atoms with Gasteiger partial charge in [0.15, 0.2) is 0 Å². The van der Waals surface area contributed by atoms with Gasteiger partial charge in [0, 0.05) is 66.6 Å². The molecule has 0 fully saturated rings. The number of carbonyl (C=O) groups excluding carboxylic acids is 2. The monoisotopic (exact) mass is 1240 g/mol. The zero-order valence-corrected chi connectivity index (χ0v) is 55.1. The van der Waals surface area contributed by atoms with E-state index >= 15 is 9.59 Å². The summed E-state index contributed by atoms with van der Waals surface area (Å²) in [6.07, 6.45) is 0. The first kappa shape index (κ1) is 60.1. The van der Waals surface area contributed by atoms with Crippen molar-refractivity contribution < 1.29 is 19.1 Å². The molecule has 0 radical (unpaired) electrons. The van der Waals surface area contributed by atoms with E-state index in [0.29, 0.717) is 40.0 Å². The molecule has 9 aromatic carbocycles. The van der Waals surface area contributed by atoms with Gasteiger partial charge in [-0.3, -0.25) is 9.59 Å². The standard InChI is InChI=1S/C86H73N5O4/c1-48(2)52-16-24-58(25-17-52)77-73-40-42-75(87-73)79(60-28-20-54(21-29-60)50(5)6)83-69-46-71-72(86(93)91(85(71)92)62-14-12-11-13-15-62)47-70(69)84(90-83)80(61-30-22-55(23-31-61)51(7)8)76-43-41-74(88-76)78(59-26-18-53(19-27-59)49(3)4)82-68-45-66(57-34-38-64(95-10)39-35-57)65(44-67(68)81(77)89-82)56-32-36-63(94-9)37-33-56/h11-51,87-88H,1-10H3. The molecule has 0 saturated carbocycles. The van der Waals surface area contributed by atoms with Crippen molar-refractivity contribution in [1.82, 2.24) is 19.9 Å². The van der Waals surface area contributed by atoms with Crippen molar-refractivity contribution in [2.45, 2.75) is 79.1 Å². The molecule has 0 saturated heterocycles. The number of ether oxygens (including phenoxy) is 2. The topological polar surface area (TPSA) is 113 Å². The van der Waals surface area contributed by atoms with Gasteiger partial charge in [-0.05, 0) is 175 Å². The number of nitrogens with zero attached hydrogens (tertiary/aromatic N) is 3. The zero-order chi connectivity index (χ0) is 65.5. The third-order valence-corrected chi connectivity index (χ3v) is 19.3. The summed E-state index contributed by atoms with van der Waals surface area (Å²) in [5.41, 5.74) is 27.0. The van der Waals surface area contributed by atoms with Crippen molar-refractivity contribution in [3.63, 3.8) is 0 Å². The van der Waals surface area contributed by atoms with Crippen LogP contribution >= 0.6 is 0 Å². The van der Waals surface area contributed by atoms with Crippen LogP contribution in [0.15, 0.2) is 224 Å². The minimum absolute atomic E-state index is 0.280. The number of rotatable bonds is 13. The summed E-state index contributed by atoms with van der Waals surface area (Å²) in [6, 6.07) is 78.5. The number of amides is 2. The van der Waals surface area contributed by atoms with Crippen LogP contribution in [0.4, 0.5) is 5.69 Å². The Morgan fingerprint density at radius 3 is 0.832 bits per heavy atom. The van der Waals surface area contributed by atoms with Crippen molar-refractivity contribution in [3.8, 4) is 123 Å². The fourth-order valence-electron chi connectivity index (χ4n) is 13.9. The highest BCUT2D eigenvalue weighted by Crippen LogP contribution is 2.53. The number of fused-ring (bicyclic) bond motifs is 15. The summed E-state index contributed by atoms with van der Waals surface area (Å²) < 4.78 is 11.5. The van der Waals surface area contributed by atoms with Gasteiger partial charge in [0.1, 0.15) is 11.5 Å². The number of aromatic nitrogens is 4. The highest BCUT2D eigenvalue weighted by molar-refractivity contribution is 6.35. The number of aromatic amines is 2. The van der Waals surface area contributed by atoms with Gasteiger partial charge in [0.2, 0.25) is 0 Å². The van der Waals surface area contributed by atoms with Crippen LogP contribution in [0.5, 0.6) is 11.5 Å². The SMILES string of the molecule is COc1ccc(-c2cc3c(cc2-c2ccc(OC)cc2)-c2nc-3c(-c3ccc(C(C)C)cc3)c3ccc([nH]3)c(-c3ccc(C(C)C)cc3)c3nc(c(-c4ccc(C(C)C)cc4)c4ccc([nH]4)c2-c2ccc(C(C)C)cc2)-c2cc4c(cc2-3)C(=O)N(c2ccccc2)C4=O)cc1. The van der Waals surface area contributed by atoms with Gasteiger partial charge in [-0.25, -0.2) is 14.9 Å². The molecule has 466 valence electrons. The lowest BCUT2D eigenvalue weighted by atomic mass is 9.86. The van der Waals surface area contributed by atoms with Gasteiger partial charge in [0.25, 0.3) is 11.8 Å². The van der Waals surface area contributed by atoms with Gasteiger partial charge < -0.3 is 19.4 Å². The number of hydrogen-bond acceptors (Lipinski definition) is 6. The molecule has 0 spiro atoms. The molecule has 3 aliphatic rings. The molecule has 9 nitrogen and oxygen atoms in total. The second-order valence-corrected chi connectivity index (χ2v) is 26.4. The molecule has 0 unspecified atom stereocenters. The lowest BCUT2D eigenvalue weighted by Gasteiger charge is -2.16. The van der Waals surface area contributed by atoms with Crippen LogP contribution in [0.1, 0.15) is 122 Å². The Kier molecular flexibility index (Phi) is 15.2. The predicted octanol–water partition coefficient (Wildman–Crippen LogP) is 22.3. The number of para-hydroxylation sites is 1. The average molecular weight is 1240 g/mol. The first-order chi connectivity index (χ1) is 46.1. The number of carbonyl (C=O) groups is 2. The van der Waals surface area contributed by atoms with Crippen LogP contribution in [0.2, 0.25) is 0 Å². The molecule has 3 aliphatic heterocycles. The molecule has 2 amide bonds. The number of nitrogens with one attached hydrogen (secondary N) is 2. The Morgan fingerprint density at radius 1 is 0.305 bits per heavy atom. The Labute approximate surface area is 554 Å². The lowest BCUT2D eigenvalue weighted by Crippen LogP contribution is -2.29. The average Bonchev–Trinajstić information content (AvgIpc) is 1.56. The second kappa shape index (κ2) is 24.1. The van der Waals surface area contributed by atoms with Crippen LogP contribution in [0.25, 0.3) is 134 Å². The molecular formula is C86H73N5O4.